The molecule has 0 aliphatic heterocycles. The fraction of sp³-hybridized carbons (Fsp3) is 0.111. The molecule has 0 fully saturated rings. The lowest BCUT2D eigenvalue weighted by molar-refractivity contribution is 0.628. The van der Waals surface area contributed by atoms with Crippen LogP contribution in [0.15, 0.2) is 18.2 Å². The molecule has 0 saturated heterocycles. The highest BCUT2D eigenvalue weighted by Crippen LogP contribution is 2.15. The Labute approximate surface area is 80.3 Å². The van der Waals surface area contributed by atoms with E-state index in [1.54, 1.807) is 0 Å². The fourth-order valence-corrected chi connectivity index (χ4v) is 1.00. The molecule has 62 valence electrons. The highest BCUT2D eigenvalue weighted by molar-refractivity contribution is 6.31. The highest BCUT2D eigenvalue weighted by atomic mass is 35.5. The van der Waals surface area contributed by atoms with Crippen LogP contribution in [0.5, 0.6) is 0 Å². The average molecular weight is 203 g/mol. The summed E-state index contributed by atoms with van der Waals surface area (Å²) in [6.45, 7) is 0. The molecule has 0 radical (unpaired) electrons. The molecule has 0 unspecified atom stereocenters. The Morgan fingerprint density at radius 1 is 1.42 bits per heavy atom. The molecule has 0 spiro atoms. The largest absolute Gasteiger partial charge is 0.207 e. The summed E-state index contributed by atoms with van der Waals surface area (Å²) in [5, 5.41) is 0.313. The Bertz CT molecular complexity index is 336. The first-order valence-electron chi connectivity index (χ1n) is 3.24. The molecule has 0 saturated carbocycles. The van der Waals surface area contributed by atoms with Crippen LogP contribution in [0, 0.1) is 17.7 Å². The van der Waals surface area contributed by atoms with Crippen LogP contribution in [0.3, 0.4) is 0 Å². The topological polar surface area (TPSA) is 0 Å². The van der Waals surface area contributed by atoms with Crippen molar-refractivity contribution in [1.82, 2.24) is 0 Å². The summed E-state index contributed by atoms with van der Waals surface area (Å²) in [7, 11) is 0. The van der Waals surface area contributed by atoms with E-state index in [1.807, 2.05) is 0 Å². The zero-order valence-electron chi connectivity index (χ0n) is 6.07. The van der Waals surface area contributed by atoms with Gasteiger partial charge in [0.15, 0.2) is 0 Å². The van der Waals surface area contributed by atoms with Gasteiger partial charge in [-0.15, -0.1) is 11.6 Å². The zero-order chi connectivity index (χ0) is 8.97. The van der Waals surface area contributed by atoms with Gasteiger partial charge in [-0.05, 0) is 18.2 Å². The minimum atomic E-state index is -0.364. The van der Waals surface area contributed by atoms with Gasteiger partial charge in [-0.3, -0.25) is 0 Å². The summed E-state index contributed by atoms with van der Waals surface area (Å²) in [5.74, 6) is 5.22. The fourth-order valence-electron chi connectivity index (χ4n) is 0.719. The first kappa shape index (κ1) is 9.38. The molecule has 0 aromatic heterocycles. The van der Waals surface area contributed by atoms with E-state index in [1.165, 1.54) is 18.2 Å². The van der Waals surface area contributed by atoms with Crippen LogP contribution in [0.1, 0.15) is 5.56 Å². The highest BCUT2D eigenvalue weighted by Gasteiger charge is 1.97. The molecule has 0 nitrogen and oxygen atoms in total. The smallest absolute Gasteiger partial charge is 0.124 e. The van der Waals surface area contributed by atoms with Crippen LogP contribution >= 0.6 is 23.2 Å². The summed E-state index contributed by atoms with van der Waals surface area (Å²) in [4.78, 5) is 0. The van der Waals surface area contributed by atoms with Gasteiger partial charge in [0, 0.05) is 5.56 Å². The van der Waals surface area contributed by atoms with Gasteiger partial charge in [0.05, 0.1) is 10.9 Å². The Balaban J connectivity index is 3.01. The molecule has 0 heterocycles. The maximum absolute atomic E-state index is 12.5. The predicted octanol–water partition coefficient (Wildman–Crippen LogP) is 3.07. The van der Waals surface area contributed by atoms with Gasteiger partial charge < -0.3 is 0 Å². The van der Waals surface area contributed by atoms with Crippen molar-refractivity contribution in [2.24, 2.45) is 0 Å². The molecule has 1 aromatic carbocycles. The van der Waals surface area contributed by atoms with Crippen molar-refractivity contribution in [2.45, 2.75) is 0 Å². The van der Waals surface area contributed by atoms with Crippen molar-refractivity contribution in [2.75, 3.05) is 5.88 Å². The van der Waals surface area contributed by atoms with Crippen molar-refractivity contribution in [3.8, 4) is 11.8 Å². The lowest BCUT2D eigenvalue weighted by Gasteiger charge is -1.94. The first-order valence-corrected chi connectivity index (χ1v) is 4.15. The molecule has 12 heavy (non-hydrogen) atoms. The molecule has 0 atom stereocenters. The molecule has 3 heteroatoms. The van der Waals surface area contributed by atoms with E-state index in [-0.39, 0.29) is 11.7 Å². The summed E-state index contributed by atoms with van der Waals surface area (Å²) in [6, 6.07) is 4.06. The Kier molecular flexibility index (Phi) is 3.40. The van der Waals surface area contributed by atoms with Gasteiger partial charge in [0.1, 0.15) is 5.82 Å². The number of benzene rings is 1. The minimum Gasteiger partial charge on any atom is -0.207 e. The zero-order valence-corrected chi connectivity index (χ0v) is 7.58. The third kappa shape index (κ3) is 2.41. The Morgan fingerprint density at radius 2 is 2.17 bits per heavy atom. The van der Waals surface area contributed by atoms with Crippen molar-refractivity contribution in [3.05, 3.63) is 34.6 Å². The normalized spacial score (nSPS) is 8.92. The SMILES string of the molecule is Fc1ccc(C#CCCl)c(Cl)c1. The maximum Gasteiger partial charge on any atom is 0.124 e. The van der Waals surface area contributed by atoms with Crippen molar-refractivity contribution < 1.29 is 4.39 Å². The molecule has 0 amide bonds. The second kappa shape index (κ2) is 4.35. The van der Waals surface area contributed by atoms with E-state index in [9.17, 15) is 4.39 Å². The quantitative estimate of drug-likeness (QED) is 0.449. The number of halogens is 3. The van der Waals surface area contributed by atoms with E-state index in [2.05, 4.69) is 11.8 Å². The maximum atomic E-state index is 12.5. The van der Waals surface area contributed by atoms with E-state index in [0.717, 1.165) is 0 Å². The third-order valence-corrected chi connectivity index (χ3v) is 1.67. The average Bonchev–Trinajstić information content (AvgIpc) is 2.03. The monoisotopic (exact) mass is 202 g/mol. The lowest BCUT2D eigenvalue weighted by Crippen LogP contribution is -1.79. The molecule has 0 aliphatic carbocycles. The van der Waals surface area contributed by atoms with Crippen LogP contribution in [0.4, 0.5) is 4.39 Å². The van der Waals surface area contributed by atoms with Crippen LogP contribution in [0.25, 0.3) is 0 Å². The lowest BCUT2D eigenvalue weighted by atomic mass is 10.2. The van der Waals surface area contributed by atoms with Gasteiger partial charge >= 0.3 is 0 Å². The number of hydrogen-bond donors (Lipinski definition) is 0. The molecule has 0 aliphatic rings. The molecule has 0 bridgehead atoms. The molecular formula is C9H5Cl2F. The molecular weight excluding hydrogens is 198 g/mol. The summed E-state index contributed by atoms with van der Waals surface area (Å²) in [5.41, 5.74) is 0.596. The second-order valence-electron chi connectivity index (χ2n) is 2.06. The summed E-state index contributed by atoms with van der Waals surface area (Å²) < 4.78 is 12.5. The minimum absolute atomic E-state index is 0.244. The van der Waals surface area contributed by atoms with E-state index in [4.69, 9.17) is 23.2 Å². The number of alkyl halides is 1. The van der Waals surface area contributed by atoms with E-state index in [0.29, 0.717) is 10.6 Å². The van der Waals surface area contributed by atoms with Gasteiger partial charge in [-0.1, -0.05) is 23.4 Å². The van der Waals surface area contributed by atoms with Crippen molar-refractivity contribution >= 4 is 23.2 Å². The van der Waals surface area contributed by atoms with E-state index < -0.39 is 0 Å². The van der Waals surface area contributed by atoms with Crippen molar-refractivity contribution in [1.29, 1.82) is 0 Å². The predicted molar refractivity (Wildman–Crippen MR) is 49.0 cm³/mol. The Morgan fingerprint density at radius 3 is 2.75 bits per heavy atom. The van der Waals surface area contributed by atoms with Crippen molar-refractivity contribution in [3.63, 3.8) is 0 Å². The molecule has 1 rings (SSSR count). The summed E-state index contributed by atoms with van der Waals surface area (Å²) >= 11 is 11.0. The van der Waals surface area contributed by atoms with Gasteiger partial charge in [-0.25, -0.2) is 4.39 Å². The number of hydrogen-bond acceptors (Lipinski definition) is 0. The van der Waals surface area contributed by atoms with Crippen LogP contribution in [0.2, 0.25) is 5.02 Å². The number of rotatable bonds is 0. The summed E-state index contributed by atoms with van der Waals surface area (Å²) in [6.07, 6.45) is 0. The Hall–Kier alpha value is -0.710. The van der Waals surface area contributed by atoms with Crippen LogP contribution in [-0.4, -0.2) is 5.88 Å². The molecule has 1 aromatic rings. The standard InChI is InChI=1S/C9H5Cl2F/c10-5-1-2-7-3-4-8(12)6-9(7)11/h3-4,6H,5H2. The van der Waals surface area contributed by atoms with E-state index >= 15 is 0 Å². The second-order valence-corrected chi connectivity index (χ2v) is 2.73. The van der Waals surface area contributed by atoms with Gasteiger partial charge in [0.25, 0.3) is 0 Å². The van der Waals surface area contributed by atoms with Crippen LogP contribution in [-0.2, 0) is 0 Å². The first-order chi connectivity index (χ1) is 5.74. The van der Waals surface area contributed by atoms with Gasteiger partial charge in [-0.2, -0.15) is 0 Å². The molecule has 0 N–H and O–H groups in total. The van der Waals surface area contributed by atoms with Crippen LogP contribution < -0.4 is 0 Å². The third-order valence-electron chi connectivity index (χ3n) is 1.22. The van der Waals surface area contributed by atoms with Gasteiger partial charge in [0.2, 0.25) is 0 Å².